The van der Waals surface area contributed by atoms with Crippen LogP contribution in [-0.4, -0.2) is 41.3 Å². The first-order chi connectivity index (χ1) is 7.19. The summed E-state index contributed by atoms with van der Waals surface area (Å²) in [6.45, 7) is 2.60. The van der Waals surface area contributed by atoms with Gasteiger partial charge in [0.2, 0.25) is 0 Å². The molecule has 0 bridgehead atoms. The van der Waals surface area contributed by atoms with Gasteiger partial charge in [-0.05, 0) is 13.0 Å². The molecular formula is C10H19N3O2. The number of hydrogen-bond acceptors (Lipinski definition) is 4. The van der Waals surface area contributed by atoms with Gasteiger partial charge in [-0.15, -0.1) is 0 Å². The second-order valence-electron chi connectivity index (χ2n) is 3.60. The van der Waals surface area contributed by atoms with Crippen molar-refractivity contribution in [1.29, 1.82) is 0 Å². The second-order valence-corrected chi connectivity index (χ2v) is 3.60. The first-order valence-electron chi connectivity index (χ1n) is 5.02. The van der Waals surface area contributed by atoms with Gasteiger partial charge in [-0.2, -0.15) is 5.10 Å². The Hall–Kier alpha value is -0.910. The summed E-state index contributed by atoms with van der Waals surface area (Å²) in [7, 11) is 3.52. The van der Waals surface area contributed by atoms with Crippen LogP contribution in [0.1, 0.15) is 18.7 Å². The zero-order valence-electron chi connectivity index (χ0n) is 9.47. The Labute approximate surface area is 90.1 Å². The molecule has 0 aromatic carbocycles. The first-order valence-corrected chi connectivity index (χ1v) is 5.02. The first kappa shape index (κ1) is 12.2. The fourth-order valence-corrected chi connectivity index (χ4v) is 1.60. The molecule has 15 heavy (non-hydrogen) atoms. The van der Waals surface area contributed by atoms with Crippen molar-refractivity contribution in [1.82, 2.24) is 15.1 Å². The number of aryl methyl sites for hydroxylation is 1. The number of ether oxygens (including phenoxy) is 1. The molecule has 0 aliphatic carbocycles. The minimum atomic E-state index is -0.0418. The minimum absolute atomic E-state index is 0.0418. The Morgan fingerprint density at radius 3 is 2.87 bits per heavy atom. The molecule has 2 unspecified atom stereocenters. The average molecular weight is 213 g/mol. The Morgan fingerprint density at radius 1 is 1.67 bits per heavy atom. The van der Waals surface area contributed by atoms with Gasteiger partial charge in [-0.25, -0.2) is 0 Å². The lowest BCUT2D eigenvalue weighted by atomic mass is 10.2. The number of rotatable bonds is 6. The third-order valence-electron chi connectivity index (χ3n) is 2.38. The molecule has 0 spiro atoms. The summed E-state index contributed by atoms with van der Waals surface area (Å²) in [4.78, 5) is 0. The smallest absolute Gasteiger partial charge is 0.0638 e. The van der Waals surface area contributed by atoms with E-state index in [1.165, 1.54) is 0 Å². The maximum absolute atomic E-state index is 9.11. The summed E-state index contributed by atoms with van der Waals surface area (Å²) in [6.07, 6.45) is 1.76. The average Bonchev–Trinajstić information content (AvgIpc) is 2.63. The van der Waals surface area contributed by atoms with Crippen molar-refractivity contribution in [3.63, 3.8) is 0 Å². The van der Waals surface area contributed by atoms with Crippen molar-refractivity contribution in [2.45, 2.75) is 19.0 Å². The van der Waals surface area contributed by atoms with Crippen LogP contribution < -0.4 is 5.32 Å². The molecule has 2 N–H and O–H groups in total. The fraction of sp³-hybridized carbons (Fsp3) is 0.700. The Bertz CT molecular complexity index is 288. The van der Waals surface area contributed by atoms with E-state index in [1.54, 1.807) is 13.3 Å². The predicted molar refractivity (Wildman–Crippen MR) is 57.5 cm³/mol. The fourth-order valence-electron chi connectivity index (χ4n) is 1.60. The maximum Gasteiger partial charge on any atom is 0.0638 e. The number of nitrogens with one attached hydrogen (secondary N) is 1. The highest BCUT2D eigenvalue weighted by Gasteiger charge is 2.14. The van der Waals surface area contributed by atoms with Crippen LogP contribution in [0.25, 0.3) is 0 Å². The molecule has 1 aromatic rings. The number of aliphatic hydroxyl groups excluding tert-OH is 1. The van der Waals surface area contributed by atoms with Crippen LogP contribution in [0.5, 0.6) is 0 Å². The van der Waals surface area contributed by atoms with E-state index in [1.807, 2.05) is 24.7 Å². The third-order valence-corrected chi connectivity index (χ3v) is 2.38. The van der Waals surface area contributed by atoms with Gasteiger partial charge < -0.3 is 15.2 Å². The molecule has 0 fully saturated rings. The number of hydrogen-bond donors (Lipinski definition) is 2. The molecular weight excluding hydrogens is 194 g/mol. The zero-order valence-corrected chi connectivity index (χ0v) is 9.47. The molecule has 1 aromatic heterocycles. The van der Waals surface area contributed by atoms with E-state index < -0.39 is 0 Å². The number of nitrogens with zero attached hydrogens (tertiary/aromatic N) is 2. The lowest BCUT2D eigenvalue weighted by Crippen LogP contribution is -2.38. The minimum Gasteiger partial charge on any atom is -0.395 e. The van der Waals surface area contributed by atoms with E-state index in [0.29, 0.717) is 6.61 Å². The molecule has 0 aliphatic heterocycles. The Balaban J connectivity index is 2.54. The SMILES string of the molecule is COCC(CO)NC(C)c1ccnn1C. The van der Waals surface area contributed by atoms with E-state index in [-0.39, 0.29) is 18.7 Å². The van der Waals surface area contributed by atoms with Gasteiger partial charge in [0.1, 0.15) is 0 Å². The van der Waals surface area contributed by atoms with E-state index in [4.69, 9.17) is 9.84 Å². The van der Waals surface area contributed by atoms with Crippen molar-refractivity contribution < 1.29 is 9.84 Å². The van der Waals surface area contributed by atoms with E-state index in [2.05, 4.69) is 10.4 Å². The van der Waals surface area contributed by atoms with Gasteiger partial charge in [-0.3, -0.25) is 4.68 Å². The molecule has 1 rings (SSSR count). The van der Waals surface area contributed by atoms with Crippen LogP contribution >= 0.6 is 0 Å². The van der Waals surface area contributed by atoms with Crippen LogP contribution in [0.2, 0.25) is 0 Å². The number of aliphatic hydroxyl groups is 1. The van der Waals surface area contributed by atoms with Gasteiger partial charge >= 0.3 is 0 Å². The summed E-state index contributed by atoms with van der Waals surface area (Å²) >= 11 is 0. The van der Waals surface area contributed by atoms with Crippen LogP contribution in [0.15, 0.2) is 12.3 Å². The van der Waals surface area contributed by atoms with Crippen molar-refractivity contribution in [3.05, 3.63) is 18.0 Å². The summed E-state index contributed by atoms with van der Waals surface area (Å²) in [5, 5.41) is 16.5. The molecule has 0 amide bonds. The highest BCUT2D eigenvalue weighted by Crippen LogP contribution is 2.10. The van der Waals surface area contributed by atoms with E-state index in [0.717, 1.165) is 5.69 Å². The predicted octanol–water partition coefficient (Wildman–Crippen LogP) is 0.0780. The van der Waals surface area contributed by atoms with Gasteiger partial charge in [0, 0.05) is 26.4 Å². The van der Waals surface area contributed by atoms with Crippen LogP contribution in [-0.2, 0) is 11.8 Å². The quantitative estimate of drug-likeness (QED) is 0.702. The third kappa shape index (κ3) is 3.30. The van der Waals surface area contributed by atoms with Crippen molar-refractivity contribution in [3.8, 4) is 0 Å². The molecule has 5 nitrogen and oxygen atoms in total. The van der Waals surface area contributed by atoms with Gasteiger partial charge in [0.05, 0.1) is 24.9 Å². The monoisotopic (exact) mass is 213 g/mol. The molecule has 0 saturated carbocycles. The molecule has 2 atom stereocenters. The van der Waals surface area contributed by atoms with Gasteiger partial charge in [0.15, 0.2) is 0 Å². The molecule has 0 aliphatic rings. The van der Waals surface area contributed by atoms with Crippen molar-refractivity contribution >= 4 is 0 Å². The zero-order chi connectivity index (χ0) is 11.3. The highest BCUT2D eigenvalue weighted by atomic mass is 16.5. The normalized spacial score (nSPS) is 15.2. The lowest BCUT2D eigenvalue weighted by molar-refractivity contribution is 0.123. The molecule has 86 valence electrons. The summed E-state index contributed by atoms with van der Waals surface area (Å²) in [6, 6.07) is 2.06. The summed E-state index contributed by atoms with van der Waals surface area (Å²) < 4.78 is 6.82. The van der Waals surface area contributed by atoms with E-state index >= 15 is 0 Å². The van der Waals surface area contributed by atoms with Crippen molar-refractivity contribution in [2.24, 2.45) is 7.05 Å². The summed E-state index contributed by atoms with van der Waals surface area (Å²) in [5.74, 6) is 0. The van der Waals surface area contributed by atoms with Crippen molar-refractivity contribution in [2.75, 3.05) is 20.3 Å². The highest BCUT2D eigenvalue weighted by molar-refractivity contribution is 5.05. The number of aromatic nitrogens is 2. The molecule has 1 heterocycles. The Kier molecular flexibility index (Phi) is 4.74. The van der Waals surface area contributed by atoms with Crippen LogP contribution in [0.3, 0.4) is 0 Å². The number of methoxy groups -OCH3 is 1. The van der Waals surface area contributed by atoms with Gasteiger partial charge in [0.25, 0.3) is 0 Å². The lowest BCUT2D eigenvalue weighted by Gasteiger charge is -2.21. The largest absolute Gasteiger partial charge is 0.395 e. The maximum atomic E-state index is 9.11. The molecule has 0 radical (unpaired) electrons. The summed E-state index contributed by atoms with van der Waals surface area (Å²) in [5.41, 5.74) is 1.09. The van der Waals surface area contributed by atoms with Crippen LogP contribution in [0.4, 0.5) is 0 Å². The molecule has 5 heteroatoms. The second kappa shape index (κ2) is 5.85. The standard InChI is InChI=1S/C10H19N3O2/c1-8(10-4-5-11-13(10)2)12-9(6-14)7-15-3/h4-5,8-9,12,14H,6-7H2,1-3H3. The van der Waals surface area contributed by atoms with Crippen LogP contribution in [0, 0.1) is 0 Å². The topological polar surface area (TPSA) is 59.3 Å². The van der Waals surface area contributed by atoms with E-state index in [9.17, 15) is 0 Å². The van der Waals surface area contributed by atoms with Gasteiger partial charge in [-0.1, -0.05) is 0 Å². The molecule has 0 saturated heterocycles. The Morgan fingerprint density at radius 2 is 2.40 bits per heavy atom.